The average Bonchev–Trinajstić information content (AvgIpc) is 3.16. The van der Waals surface area contributed by atoms with Crippen molar-refractivity contribution >= 4 is 10.1 Å². The number of hydrogen-bond acceptors (Lipinski definition) is 8. The zero-order chi connectivity index (χ0) is 20.4. The van der Waals surface area contributed by atoms with Gasteiger partial charge in [-0.1, -0.05) is 17.7 Å². The Morgan fingerprint density at radius 2 is 1.71 bits per heavy atom. The molecule has 4 rings (SSSR count). The molecule has 0 bridgehead atoms. The van der Waals surface area contributed by atoms with E-state index in [1.807, 2.05) is 6.92 Å². The topological polar surface area (TPSA) is 89.5 Å². The van der Waals surface area contributed by atoms with E-state index in [1.165, 1.54) is 12.1 Å². The quantitative estimate of drug-likeness (QED) is 0.692. The molecule has 3 saturated heterocycles. The van der Waals surface area contributed by atoms with Crippen molar-refractivity contribution < 1.29 is 36.3 Å². The van der Waals surface area contributed by atoms with Crippen LogP contribution >= 0.6 is 0 Å². The number of aryl methyl sites for hydroxylation is 1. The monoisotopic (exact) mass is 414 g/mol. The largest absolute Gasteiger partial charge is 0.345 e. The lowest BCUT2D eigenvalue weighted by Gasteiger charge is -2.30. The highest BCUT2D eigenvalue weighted by molar-refractivity contribution is 7.86. The first-order chi connectivity index (χ1) is 12.9. The SMILES string of the molecule is Cc1ccc(S(=O)(=O)OC[C@H]2OC3(COC(C)(C)O3)[C@@H]3OC(C)(C)O[C@@H]32)cc1. The van der Waals surface area contributed by atoms with Crippen molar-refractivity contribution in [1.29, 1.82) is 0 Å². The summed E-state index contributed by atoms with van der Waals surface area (Å²) in [5.74, 6) is -2.86. The lowest BCUT2D eigenvalue weighted by atomic mass is 10.1. The van der Waals surface area contributed by atoms with E-state index in [9.17, 15) is 8.42 Å². The van der Waals surface area contributed by atoms with E-state index in [2.05, 4.69) is 0 Å². The fourth-order valence-electron chi connectivity index (χ4n) is 3.80. The third kappa shape index (κ3) is 3.60. The van der Waals surface area contributed by atoms with Gasteiger partial charge in [-0.3, -0.25) is 4.18 Å². The molecule has 0 aromatic heterocycles. The number of rotatable bonds is 4. The standard InChI is InChI=1S/C19H26O8S/c1-12-6-8-13(9-7-12)28(20,21)23-10-14-15-16(26-18(4,5)25-15)19(24-14)11-22-17(2,3)27-19/h6-9,14-16H,10-11H2,1-5H3/t14-,15-,16-,19?/m1/s1. The molecule has 0 radical (unpaired) electrons. The summed E-state index contributed by atoms with van der Waals surface area (Å²) in [4.78, 5) is 0.0906. The van der Waals surface area contributed by atoms with Gasteiger partial charge in [0.25, 0.3) is 10.1 Å². The van der Waals surface area contributed by atoms with Gasteiger partial charge in [0.1, 0.15) is 24.9 Å². The molecule has 0 amide bonds. The zero-order valence-corrected chi connectivity index (χ0v) is 17.4. The minimum absolute atomic E-state index is 0.0906. The first-order valence-corrected chi connectivity index (χ1v) is 10.7. The van der Waals surface area contributed by atoms with Crippen LogP contribution in [-0.4, -0.2) is 57.3 Å². The molecule has 3 fully saturated rings. The zero-order valence-electron chi connectivity index (χ0n) is 16.6. The molecule has 8 nitrogen and oxygen atoms in total. The molecule has 9 heteroatoms. The maximum Gasteiger partial charge on any atom is 0.297 e. The maximum atomic E-state index is 12.5. The molecular formula is C19H26O8S. The number of hydrogen-bond donors (Lipinski definition) is 0. The Morgan fingerprint density at radius 1 is 1.04 bits per heavy atom. The fraction of sp³-hybridized carbons (Fsp3) is 0.684. The van der Waals surface area contributed by atoms with Gasteiger partial charge < -0.3 is 23.7 Å². The van der Waals surface area contributed by atoms with E-state index in [-0.39, 0.29) is 18.1 Å². The fourth-order valence-corrected chi connectivity index (χ4v) is 4.72. The molecular weight excluding hydrogens is 388 g/mol. The Kier molecular flexibility index (Phi) is 4.67. The highest BCUT2D eigenvalue weighted by Gasteiger charge is 2.67. The van der Waals surface area contributed by atoms with E-state index in [0.29, 0.717) is 0 Å². The van der Waals surface area contributed by atoms with Crippen LogP contribution in [0.1, 0.15) is 33.3 Å². The summed E-state index contributed by atoms with van der Waals surface area (Å²) in [5, 5.41) is 0. The molecule has 1 spiro atoms. The molecule has 156 valence electrons. The lowest BCUT2D eigenvalue weighted by molar-refractivity contribution is -0.297. The Labute approximate surface area is 165 Å². The Balaban J connectivity index is 1.52. The van der Waals surface area contributed by atoms with Gasteiger partial charge in [-0.05, 0) is 46.8 Å². The van der Waals surface area contributed by atoms with Crippen molar-refractivity contribution in [3.05, 3.63) is 29.8 Å². The lowest BCUT2D eigenvalue weighted by Crippen LogP contribution is -2.46. The van der Waals surface area contributed by atoms with Gasteiger partial charge in [0, 0.05) is 0 Å². The van der Waals surface area contributed by atoms with E-state index in [4.69, 9.17) is 27.9 Å². The minimum Gasteiger partial charge on any atom is -0.345 e. The molecule has 3 heterocycles. The molecule has 1 unspecified atom stereocenters. The molecule has 0 aliphatic carbocycles. The Hall–Kier alpha value is -1.07. The van der Waals surface area contributed by atoms with Crippen LogP contribution in [0.2, 0.25) is 0 Å². The molecule has 3 aliphatic rings. The van der Waals surface area contributed by atoms with E-state index in [1.54, 1.807) is 39.8 Å². The highest BCUT2D eigenvalue weighted by Crippen LogP contribution is 2.49. The second-order valence-electron chi connectivity index (χ2n) is 8.33. The van der Waals surface area contributed by atoms with Crippen LogP contribution in [0.3, 0.4) is 0 Å². The molecule has 1 aromatic carbocycles. The van der Waals surface area contributed by atoms with Gasteiger partial charge in [0.2, 0.25) is 5.79 Å². The first kappa shape index (κ1) is 20.2. The van der Waals surface area contributed by atoms with Crippen LogP contribution in [-0.2, 0) is 38.0 Å². The van der Waals surface area contributed by atoms with Crippen molar-refractivity contribution in [1.82, 2.24) is 0 Å². The molecule has 0 saturated carbocycles. The van der Waals surface area contributed by atoms with Crippen LogP contribution in [0.5, 0.6) is 0 Å². The second-order valence-corrected chi connectivity index (χ2v) is 9.95. The predicted octanol–water partition coefficient (Wildman–Crippen LogP) is 2.10. The number of ether oxygens (including phenoxy) is 5. The average molecular weight is 414 g/mol. The van der Waals surface area contributed by atoms with E-state index >= 15 is 0 Å². The third-order valence-corrected chi connectivity index (χ3v) is 6.31. The summed E-state index contributed by atoms with van der Waals surface area (Å²) in [6.45, 7) is 8.97. The van der Waals surface area contributed by atoms with Crippen LogP contribution in [0, 0.1) is 6.92 Å². The van der Waals surface area contributed by atoms with Gasteiger partial charge in [-0.15, -0.1) is 0 Å². The van der Waals surface area contributed by atoms with Gasteiger partial charge >= 0.3 is 0 Å². The van der Waals surface area contributed by atoms with Crippen LogP contribution < -0.4 is 0 Å². The van der Waals surface area contributed by atoms with Crippen molar-refractivity contribution in [2.75, 3.05) is 13.2 Å². The number of benzene rings is 1. The third-order valence-electron chi connectivity index (χ3n) is 5.02. The summed E-state index contributed by atoms with van der Waals surface area (Å²) >= 11 is 0. The normalized spacial score (nSPS) is 36.1. The predicted molar refractivity (Wildman–Crippen MR) is 96.9 cm³/mol. The summed E-state index contributed by atoms with van der Waals surface area (Å²) in [6.07, 6.45) is -1.79. The molecule has 3 aliphatic heterocycles. The maximum absolute atomic E-state index is 12.5. The highest BCUT2D eigenvalue weighted by atomic mass is 32.2. The molecule has 0 N–H and O–H groups in total. The minimum atomic E-state index is -3.93. The van der Waals surface area contributed by atoms with Crippen LogP contribution in [0.25, 0.3) is 0 Å². The van der Waals surface area contributed by atoms with Crippen LogP contribution in [0.4, 0.5) is 0 Å². The van der Waals surface area contributed by atoms with Crippen molar-refractivity contribution in [3.63, 3.8) is 0 Å². The summed E-state index contributed by atoms with van der Waals surface area (Å²) in [6, 6.07) is 6.46. The summed E-state index contributed by atoms with van der Waals surface area (Å²) in [5.41, 5.74) is 0.961. The summed E-state index contributed by atoms with van der Waals surface area (Å²) in [7, 11) is -3.93. The van der Waals surface area contributed by atoms with E-state index < -0.39 is 45.8 Å². The van der Waals surface area contributed by atoms with E-state index in [0.717, 1.165) is 5.56 Å². The first-order valence-electron chi connectivity index (χ1n) is 9.25. The van der Waals surface area contributed by atoms with Gasteiger partial charge in [0.15, 0.2) is 11.6 Å². The smallest absolute Gasteiger partial charge is 0.297 e. The Morgan fingerprint density at radius 3 is 2.32 bits per heavy atom. The molecule has 4 atom stereocenters. The van der Waals surface area contributed by atoms with Crippen molar-refractivity contribution in [2.24, 2.45) is 0 Å². The van der Waals surface area contributed by atoms with Gasteiger partial charge in [0.05, 0.1) is 11.5 Å². The van der Waals surface area contributed by atoms with Crippen molar-refractivity contribution in [2.45, 2.75) is 75.2 Å². The molecule has 28 heavy (non-hydrogen) atoms. The van der Waals surface area contributed by atoms with Gasteiger partial charge in [-0.2, -0.15) is 8.42 Å². The second kappa shape index (κ2) is 6.46. The summed E-state index contributed by atoms with van der Waals surface area (Å²) < 4.78 is 60.1. The van der Waals surface area contributed by atoms with Crippen LogP contribution in [0.15, 0.2) is 29.2 Å². The van der Waals surface area contributed by atoms with Crippen molar-refractivity contribution in [3.8, 4) is 0 Å². The number of fused-ring (bicyclic) bond motifs is 2. The molecule has 1 aromatic rings. The van der Waals surface area contributed by atoms with Gasteiger partial charge in [-0.25, -0.2) is 0 Å². The Bertz CT molecular complexity index is 847.